The molecule has 1 heterocycles. The summed E-state index contributed by atoms with van der Waals surface area (Å²) in [5, 5.41) is 11.9. The highest BCUT2D eigenvalue weighted by Crippen LogP contribution is 2.23. The van der Waals surface area contributed by atoms with Crippen LogP contribution in [0.3, 0.4) is 0 Å². The number of ether oxygens (including phenoxy) is 2. The summed E-state index contributed by atoms with van der Waals surface area (Å²) >= 11 is 0. The molecule has 1 N–H and O–H groups in total. The Balaban J connectivity index is 1.56. The van der Waals surface area contributed by atoms with E-state index in [2.05, 4.69) is 11.4 Å². The quantitative estimate of drug-likeness (QED) is 0.239. The van der Waals surface area contributed by atoms with Crippen molar-refractivity contribution in [3.8, 4) is 17.6 Å². The number of rotatable bonds is 8. The minimum Gasteiger partial charge on any atom is -0.482 e. The number of hydrogen-bond donors (Lipinski definition) is 1. The molecule has 33 heavy (non-hydrogen) atoms. The van der Waals surface area contributed by atoms with Gasteiger partial charge in [-0.3, -0.25) is 4.79 Å². The Morgan fingerprint density at radius 2 is 1.88 bits per heavy atom. The summed E-state index contributed by atoms with van der Waals surface area (Å²) in [6.07, 6.45) is 2.96. The largest absolute Gasteiger partial charge is 0.482 e. The first-order valence-corrected chi connectivity index (χ1v) is 10.3. The maximum Gasteiger partial charge on any atom is 0.349 e. The van der Waals surface area contributed by atoms with Gasteiger partial charge in [-0.2, -0.15) is 5.26 Å². The number of hydrogen-bond acceptors (Lipinski definition) is 6. The number of aryl methyl sites for hydroxylation is 2. The second kappa shape index (κ2) is 10.8. The van der Waals surface area contributed by atoms with E-state index < -0.39 is 11.9 Å². The number of benzene rings is 2. The highest BCUT2D eigenvalue weighted by molar-refractivity contribution is 6.01. The molecule has 0 aliphatic rings. The maximum absolute atomic E-state index is 12.2. The van der Waals surface area contributed by atoms with Crippen molar-refractivity contribution < 1.29 is 23.5 Å². The molecule has 3 rings (SSSR count). The molecule has 168 valence electrons. The van der Waals surface area contributed by atoms with Crippen LogP contribution >= 0.6 is 0 Å². The van der Waals surface area contributed by atoms with Crippen molar-refractivity contribution in [3.63, 3.8) is 0 Å². The summed E-state index contributed by atoms with van der Waals surface area (Å²) in [7, 11) is 0. The van der Waals surface area contributed by atoms with Crippen molar-refractivity contribution in [2.45, 2.75) is 27.3 Å². The molecular weight excluding hydrogens is 420 g/mol. The molecule has 2 aromatic carbocycles. The summed E-state index contributed by atoms with van der Waals surface area (Å²) in [6, 6.07) is 15.7. The fourth-order valence-electron chi connectivity index (χ4n) is 3.07. The molecule has 0 fully saturated rings. The van der Waals surface area contributed by atoms with E-state index in [9.17, 15) is 14.9 Å². The summed E-state index contributed by atoms with van der Waals surface area (Å²) in [5.41, 5.74) is 3.68. The fourth-order valence-corrected chi connectivity index (χ4v) is 3.07. The number of esters is 1. The Morgan fingerprint density at radius 1 is 1.12 bits per heavy atom. The van der Waals surface area contributed by atoms with E-state index >= 15 is 0 Å². The molecule has 0 aliphatic carbocycles. The summed E-state index contributed by atoms with van der Waals surface area (Å²) in [6.45, 7) is 5.86. The molecule has 1 amide bonds. The van der Waals surface area contributed by atoms with Crippen LogP contribution in [0.5, 0.6) is 11.5 Å². The van der Waals surface area contributed by atoms with Gasteiger partial charge in [-0.25, -0.2) is 4.79 Å². The average Bonchev–Trinajstić information content (AvgIpc) is 3.32. The molecule has 0 aliphatic heterocycles. The van der Waals surface area contributed by atoms with E-state index in [0.717, 1.165) is 16.7 Å². The molecule has 0 bridgehead atoms. The van der Waals surface area contributed by atoms with Crippen LogP contribution in [0.15, 0.2) is 64.8 Å². The Morgan fingerprint density at radius 3 is 2.55 bits per heavy atom. The van der Waals surface area contributed by atoms with Crippen molar-refractivity contribution in [2.75, 3.05) is 6.61 Å². The topological polar surface area (TPSA) is 102 Å². The van der Waals surface area contributed by atoms with Gasteiger partial charge in [0.1, 0.15) is 28.9 Å². The van der Waals surface area contributed by atoms with Crippen molar-refractivity contribution in [3.05, 3.63) is 88.4 Å². The van der Waals surface area contributed by atoms with Gasteiger partial charge in [0.25, 0.3) is 5.91 Å². The SMILES string of the molecule is Cc1cc(C)c(C)c(OCC(=O)Oc2ccc(/C=C(\C#N)C(=O)NCc3ccco3)cc2)c1. The van der Waals surface area contributed by atoms with E-state index in [-0.39, 0.29) is 18.7 Å². The van der Waals surface area contributed by atoms with E-state index in [1.807, 2.05) is 32.9 Å². The fraction of sp³-hybridized carbons (Fsp3) is 0.192. The summed E-state index contributed by atoms with van der Waals surface area (Å²) < 4.78 is 16.1. The molecule has 0 saturated carbocycles. The van der Waals surface area contributed by atoms with Gasteiger partial charge in [-0.1, -0.05) is 18.2 Å². The van der Waals surface area contributed by atoms with E-state index in [1.165, 1.54) is 12.3 Å². The molecule has 0 unspecified atom stereocenters. The van der Waals surface area contributed by atoms with Crippen LogP contribution in [0.4, 0.5) is 0 Å². The molecule has 0 saturated heterocycles. The first-order chi connectivity index (χ1) is 15.9. The van der Waals surface area contributed by atoms with Crippen LogP contribution in [0.1, 0.15) is 28.0 Å². The molecule has 0 radical (unpaired) electrons. The van der Waals surface area contributed by atoms with Gasteiger partial charge in [0, 0.05) is 0 Å². The monoisotopic (exact) mass is 444 g/mol. The zero-order chi connectivity index (χ0) is 23.8. The Labute approximate surface area is 192 Å². The van der Waals surface area contributed by atoms with Crippen LogP contribution in [0, 0.1) is 32.1 Å². The maximum atomic E-state index is 12.2. The average molecular weight is 444 g/mol. The molecule has 0 spiro atoms. The predicted octanol–water partition coefficient (Wildman–Crippen LogP) is 4.41. The van der Waals surface area contributed by atoms with Crippen LogP contribution < -0.4 is 14.8 Å². The lowest BCUT2D eigenvalue weighted by atomic mass is 10.1. The lowest BCUT2D eigenvalue weighted by molar-refractivity contribution is -0.136. The third-order valence-corrected chi connectivity index (χ3v) is 4.90. The van der Waals surface area contributed by atoms with Gasteiger partial charge in [0.15, 0.2) is 6.61 Å². The van der Waals surface area contributed by atoms with Crippen LogP contribution in [0.25, 0.3) is 6.08 Å². The van der Waals surface area contributed by atoms with Crippen LogP contribution in [-0.4, -0.2) is 18.5 Å². The van der Waals surface area contributed by atoms with E-state index in [4.69, 9.17) is 13.9 Å². The Hall–Kier alpha value is -4.31. The van der Waals surface area contributed by atoms with Crippen molar-refractivity contribution in [1.29, 1.82) is 5.26 Å². The Kier molecular flexibility index (Phi) is 7.66. The van der Waals surface area contributed by atoms with Gasteiger partial charge in [0.2, 0.25) is 0 Å². The first-order valence-electron chi connectivity index (χ1n) is 10.3. The first kappa shape index (κ1) is 23.4. The molecule has 7 heteroatoms. The third kappa shape index (κ3) is 6.58. The van der Waals surface area contributed by atoms with Gasteiger partial charge >= 0.3 is 5.97 Å². The summed E-state index contributed by atoms with van der Waals surface area (Å²) in [5.74, 6) is 0.525. The number of amides is 1. The summed E-state index contributed by atoms with van der Waals surface area (Å²) in [4.78, 5) is 24.4. The number of carbonyl (C=O) groups is 2. The van der Waals surface area contributed by atoms with E-state index in [1.54, 1.807) is 36.4 Å². The van der Waals surface area contributed by atoms with Gasteiger partial charge in [-0.15, -0.1) is 0 Å². The number of nitrogens with one attached hydrogen (secondary N) is 1. The highest BCUT2D eigenvalue weighted by Gasteiger charge is 2.11. The second-order valence-corrected chi connectivity index (χ2v) is 7.47. The normalized spacial score (nSPS) is 10.9. The second-order valence-electron chi connectivity index (χ2n) is 7.47. The van der Waals surface area contributed by atoms with Gasteiger partial charge in [0.05, 0.1) is 12.8 Å². The number of carbonyl (C=O) groups excluding carboxylic acids is 2. The van der Waals surface area contributed by atoms with Crippen molar-refractivity contribution in [2.24, 2.45) is 0 Å². The molecule has 7 nitrogen and oxygen atoms in total. The van der Waals surface area contributed by atoms with Crippen molar-refractivity contribution in [1.82, 2.24) is 5.32 Å². The van der Waals surface area contributed by atoms with Crippen LogP contribution in [-0.2, 0) is 16.1 Å². The third-order valence-electron chi connectivity index (χ3n) is 4.90. The molecular formula is C26H24N2O5. The smallest absolute Gasteiger partial charge is 0.349 e. The van der Waals surface area contributed by atoms with Crippen molar-refractivity contribution >= 4 is 18.0 Å². The number of nitriles is 1. The standard InChI is InChI=1S/C26H24N2O5/c1-17-11-18(2)19(3)24(12-17)32-16-25(29)33-22-8-6-20(7-9-22)13-21(14-27)26(30)28-15-23-5-4-10-31-23/h4-13H,15-16H2,1-3H3,(H,28,30)/b21-13+. The lowest BCUT2D eigenvalue weighted by Gasteiger charge is -2.12. The zero-order valence-corrected chi connectivity index (χ0v) is 18.7. The Bertz CT molecular complexity index is 1200. The lowest BCUT2D eigenvalue weighted by Crippen LogP contribution is -2.23. The molecule has 0 atom stereocenters. The minimum absolute atomic E-state index is 0.0523. The predicted molar refractivity (Wildman–Crippen MR) is 122 cm³/mol. The molecule has 3 aromatic rings. The van der Waals surface area contributed by atoms with Gasteiger partial charge < -0.3 is 19.2 Å². The van der Waals surface area contributed by atoms with E-state index in [0.29, 0.717) is 22.8 Å². The van der Waals surface area contributed by atoms with Crippen LogP contribution in [0.2, 0.25) is 0 Å². The highest BCUT2D eigenvalue weighted by atomic mass is 16.6. The zero-order valence-electron chi connectivity index (χ0n) is 18.7. The molecule has 1 aromatic heterocycles. The van der Waals surface area contributed by atoms with Gasteiger partial charge in [-0.05, 0) is 79.4 Å². The number of nitrogens with zero attached hydrogens (tertiary/aromatic N) is 1. The minimum atomic E-state index is -0.535. The number of furan rings is 1.